The molecule has 132 valence electrons. The minimum atomic E-state index is -1.06. The molecular weight excluding hydrogens is 322 g/mol. The Labute approximate surface area is 145 Å². The van der Waals surface area contributed by atoms with E-state index in [0.29, 0.717) is 6.42 Å². The minimum absolute atomic E-state index is 0. The van der Waals surface area contributed by atoms with Gasteiger partial charge in [0, 0.05) is 5.92 Å². The molecule has 1 atom stereocenters. The van der Waals surface area contributed by atoms with Crippen LogP contribution < -0.4 is 5.32 Å². The number of aliphatic carboxylic acids is 1. The largest absolute Gasteiger partial charge is 0.480 e. The topological polar surface area (TPSA) is 107 Å². The van der Waals surface area contributed by atoms with Crippen LogP contribution in [0.3, 0.4) is 0 Å². The van der Waals surface area contributed by atoms with Crippen LogP contribution in [0.4, 0.5) is 4.79 Å². The molecule has 1 aliphatic rings. The number of ether oxygens (including phenoxy) is 1. The van der Waals surface area contributed by atoms with Gasteiger partial charge in [0.05, 0.1) is 0 Å². The van der Waals surface area contributed by atoms with Gasteiger partial charge in [-0.15, -0.1) is 0 Å². The second-order valence-electron chi connectivity index (χ2n) is 5.77. The van der Waals surface area contributed by atoms with E-state index in [1.165, 1.54) is 0 Å². The monoisotopic (exact) mass is 343 g/mol. The second kappa shape index (κ2) is 7.81. The zero-order valence-electron chi connectivity index (χ0n) is 13.9. The van der Waals surface area contributed by atoms with Gasteiger partial charge in [0.2, 0.25) is 0 Å². The molecule has 4 N–H and O–H groups in total. The van der Waals surface area contributed by atoms with Crippen molar-refractivity contribution in [1.29, 1.82) is 0 Å². The highest BCUT2D eigenvalue weighted by Crippen LogP contribution is 2.44. The summed E-state index contributed by atoms with van der Waals surface area (Å²) in [4.78, 5) is 22.9. The Morgan fingerprint density at radius 2 is 1.60 bits per heavy atom. The number of carboxylic acid groups (broad SMARTS) is 1. The van der Waals surface area contributed by atoms with Crippen LogP contribution in [0.1, 0.15) is 30.4 Å². The fraction of sp³-hybridized carbons (Fsp3) is 0.263. The van der Waals surface area contributed by atoms with Crippen LogP contribution in [-0.4, -0.2) is 35.3 Å². The lowest BCUT2D eigenvalue weighted by Crippen LogP contribution is -2.40. The molecule has 2 aromatic rings. The lowest BCUT2D eigenvalue weighted by Gasteiger charge is -2.16. The quantitative estimate of drug-likeness (QED) is 0.870. The van der Waals surface area contributed by atoms with Crippen LogP contribution >= 0.6 is 0 Å². The third kappa shape index (κ3) is 3.64. The van der Waals surface area contributed by atoms with Crippen molar-refractivity contribution < 1.29 is 24.9 Å². The first-order valence-corrected chi connectivity index (χ1v) is 7.96. The van der Waals surface area contributed by atoms with Crippen molar-refractivity contribution in [2.75, 3.05) is 6.61 Å². The number of carbonyl (C=O) groups is 2. The van der Waals surface area contributed by atoms with Crippen LogP contribution in [0.2, 0.25) is 0 Å². The van der Waals surface area contributed by atoms with Crippen LogP contribution in [0.15, 0.2) is 48.5 Å². The molecule has 6 heteroatoms. The van der Waals surface area contributed by atoms with Gasteiger partial charge in [-0.05, 0) is 28.7 Å². The number of alkyl carbamates (subject to hydrolysis) is 1. The normalized spacial score (nSPS) is 13.2. The first kappa shape index (κ1) is 18.5. The maximum absolute atomic E-state index is 11.9. The standard InChI is InChI=1S/C19H19NO4.H2O/c1-2-17(18(21)22)20-19(23)24-11-16-14-9-5-3-7-12(14)13-8-4-6-10-15(13)16;/h3-10,16-17H,2,11H2,1H3,(H,20,23)(H,21,22);1H2/t17-;/m0./s1. The van der Waals surface area contributed by atoms with Crippen molar-refractivity contribution in [3.63, 3.8) is 0 Å². The average molecular weight is 343 g/mol. The molecule has 2 aromatic carbocycles. The van der Waals surface area contributed by atoms with Crippen LogP contribution in [0, 0.1) is 0 Å². The van der Waals surface area contributed by atoms with E-state index in [4.69, 9.17) is 9.84 Å². The molecule has 1 aliphatic carbocycles. The molecule has 0 unspecified atom stereocenters. The van der Waals surface area contributed by atoms with E-state index in [1.807, 2.05) is 36.4 Å². The van der Waals surface area contributed by atoms with Crippen molar-refractivity contribution in [3.8, 4) is 11.1 Å². The van der Waals surface area contributed by atoms with Crippen molar-refractivity contribution in [1.82, 2.24) is 5.32 Å². The fourth-order valence-corrected chi connectivity index (χ4v) is 3.12. The molecule has 0 aromatic heterocycles. The highest BCUT2D eigenvalue weighted by Gasteiger charge is 2.29. The predicted molar refractivity (Wildman–Crippen MR) is 93.5 cm³/mol. The summed E-state index contributed by atoms with van der Waals surface area (Å²) >= 11 is 0. The van der Waals surface area contributed by atoms with E-state index < -0.39 is 18.1 Å². The van der Waals surface area contributed by atoms with E-state index in [1.54, 1.807) is 6.92 Å². The molecule has 1 amide bonds. The molecule has 0 saturated heterocycles. The predicted octanol–water partition coefficient (Wildman–Crippen LogP) is 2.56. The third-order valence-corrected chi connectivity index (χ3v) is 4.34. The highest BCUT2D eigenvalue weighted by atomic mass is 16.5. The summed E-state index contributed by atoms with van der Waals surface area (Å²) < 4.78 is 5.31. The zero-order valence-corrected chi connectivity index (χ0v) is 13.9. The Hall–Kier alpha value is -2.86. The number of amides is 1. The molecule has 0 heterocycles. The van der Waals surface area contributed by atoms with E-state index in [0.717, 1.165) is 22.3 Å². The van der Waals surface area contributed by atoms with E-state index >= 15 is 0 Å². The van der Waals surface area contributed by atoms with Gasteiger partial charge in [0.15, 0.2) is 0 Å². The molecule has 0 bridgehead atoms. The van der Waals surface area contributed by atoms with E-state index in [9.17, 15) is 9.59 Å². The van der Waals surface area contributed by atoms with Gasteiger partial charge >= 0.3 is 12.1 Å². The number of rotatable bonds is 5. The number of benzene rings is 2. The number of hydrogen-bond donors (Lipinski definition) is 2. The minimum Gasteiger partial charge on any atom is -0.480 e. The third-order valence-electron chi connectivity index (χ3n) is 4.34. The number of carbonyl (C=O) groups excluding carboxylic acids is 1. The first-order valence-electron chi connectivity index (χ1n) is 7.96. The van der Waals surface area contributed by atoms with Crippen LogP contribution in [-0.2, 0) is 9.53 Å². The summed E-state index contributed by atoms with van der Waals surface area (Å²) in [5.74, 6) is -1.10. The summed E-state index contributed by atoms with van der Waals surface area (Å²) in [7, 11) is 0. The number of nitrogens with one attached hydrogen (secondary N) is 1. The molecule has 25 heavy (non-hydrogen) atoms. The molecule has 0 saturated carbocycles. The number of fused-ring (bicyclic) bond motifs is 3. The van der Waals surface area contributed by atoms with Crippen LogP contribution in [0.5, 0.6) is 0 Å². The lowest BCUT2D eigenvalue weighted by molar-refractivity contribution is -0.139. The lowest BCUT2D eigenvalue weighted by atomic mass is 9.98. The van der Waals surface area contributed by atoms with Gasteiger partial charge in [-0.3, -0.25) is 0 Å². The Bertz CT molecular complexity index is 728. The molecule has 0 radical (unpaired) electrons. The molecule has 6 nitrogen and oxygen atoms in total. The Kier molecular flexibility index (Phi) is 5.77. The van der Waals surface area contributed by atoms with Gasteiger partial charge < -0.3 is 20.6 Å². The molecule has 3 rings (SSSR count). The highest BCUT2D eigenvalue weighted by molar-refractivity contribution is 5.81. The Morgan fingerprint density at radius 3 is 2.08 bits per heavy atom. The molecular formula is C19H21NO5. The van der Waals surface area contributed by atoms with Gasteiger partial charge in [-0.2, -0.15) is 0 Å². The Balaban J connectivity index is 0.00000225. The maximum Gasteiger partial charge on any atom is 0.407 e. The fourth-order valence-electron chi connectivity index (χ4n) is 3.12. The van der Waals surface area contributed by atoms with Gasteiger partial charge in [-0.25, -0.2) is 9.59 Å². The molecule has 0 aliphatic heterocycles. The molecule has 0 spiro atoms. The summed E-state index contributed by atoms with van der Waals surface area (Å²) in [5.41, 5.74) is 4.55. The van der Waals surface area contributed by atoms with Crippen LogP contribution in [0.25, 0.3) is 11.1 Å². The number of hydrogen-bond acceptors (Lipinski definition) is 3. The second-order valence-corrected chi connectivity index (χ2v) is 5.77. The summed E-state index contributed by atoms with van der Waals surface area (Å²) in [6.07, 6.45) is -0.398. The maximum atomic E-state index is 11.9. The average Bonchev–Trinajstić information content (AvgIpc) is 2.91. The van der Waals surface area contributed by atoms with E-state index in [-0.39, 0.29) is 18.0 Å². The SMILES string of the molecule is CC[C@H](NC(=O)OCC1c2ccccc2-c2ccccc21)C(=O)O.O. The van der Waals surface area contributed by atoms with Crippen molar-refractivity contribution in [3.05, 3.63) is 59.7 Å². The van der Waals surface area contributed by atoms with Gasteiger partial charge in [0.1, 0.15) is 12.6 Å². The first-order chi connectivity index (χ1) is 11.6. The van der Waals surface area contributed by atoms with Crippen molar-refractivity contribution >= 4 is 12.1 Å². The summed E-state index contributed by atoms with van der Waals surface area (Å²) in [6.45, 7) is 1.87. The Morgan fingerprint density at radius 1 is 1.08 bits per heavy atom. The van der Waals surface area contributed by atoms with Gasteiger partial charge in [-0.1, -0.05) is 55.5 Å². The summed E-state index contributed by atoms with van der Waals surface area (Å²) in [5, 5.41) is 11.4. The smallest absolute Gasteiger partial charge is 0.407 e. The molecule has 0 fully saturated rings. The van der Waals surface area contributed by atoms with Crippen molar-refractivity contribution in [2.45, 2.75) is 25.3 Å². The zero-order chi connectivity index (χ0) is 17.1. The van der Waals surface area contributed by atoms with Gasteiger partial charge in [0.25, 0.3) is 0 Å². The van der Waals surface area contributed by atoms with E-state index in [2.05, 4.69) is 17.4 Å². The number of carboxylic acids is 1. The van der Waals surface area contributed by atoms with Crippen molar-refractivity contribution in [2.24, 2.45) is 0 Å². The summed E-state index contributed by atoms with van der Waals surface area (Å²) in [6, 6.07) is 15.2.